The Balaban J connectivity index is 1.67. The van der Waals surface area contributed by atoms with Gasteiger partial charge in [-0.2, -0.15) is 0 Å². The number of hydrogen-bond acceptors (Lipinski definition) is 6. The fourth-order valence-corrected chi connectivity index (χ4v) is 4.93. The van der Waals surface area contributed by atoms with Crippen molar-refractivity contribution in [3.8, 4) is 5.75 Å². The number of benzene rings is 1. The molecule has 0 aliphatic carbocycles. The van der Waals surface area contributed by atoms with Gasteiger partial charge in [-0.3, -0.25) is 19.4 Å². The number of likely N-dealkylation sites (tertiary alicyclic amines) is 1. The number of hydrogen-bond donors (Lipinski definition) is 3. The van der Waals surface area contributed by atoms with Gasteiger partial charge >= 0.3 is 0 Å². The fourth-order valence-electron chi connectivity index (χ4n) is 4.93. The van der Waals surface area contributed by atoms with Crippen molar-refractivity contribution in [1.29, 1.82) is 0 Å². The number of aromatic hydroxyl groups is 1. The van der Waals surface area contributed by atoms with E-state index in [1.54, 1.807) is 24.4 Å². The van der Waals surface area contributed by atoms with Crippen LogP contribution in [0.3, 0.4) is 0 Å². The summed E-state index contributed by atoms with van der Waals surface area (Å²) in [7, 11) is 0. The van der Waals surface area contributed by atoms with Crippen molar-refractivity contribution >= 4 is 22.8 Å². The predicted molar refractivity (Wildman–Crippen MR) is 145 cm³/mol. The lowest BCUT2D eigenvalue weighted by Gasteiger charge is -2.21. The molecule has 3 N–H and O–H groups in total. The predicted octanol–water partition coefficient (Wildman–Crippen LogP) is 3.13. The minimum Gasteiger partial charge on any atom is -0.505 e. The highest BCUT2D eigenvalue weighted by Crippen LogP contribution is 2.26. The molecule has 1 aliphatic rings. The first kappa shape index (κ1) is 28.2. The molecule has 39 heavy (non-hydrogen) atoms. The topological polar surface area (TPSA) is 125 Å². The lowest BCUT2D eigenvalue weighted by atomic mass is 10.1. The molecular formula is C29H35FN4O5. The van der Waals surface area contributed by atoms with Crippen LogP contribution < -0.4 is 10.9 Å². The highest BCUT2D eigenvalue weighted by molar-refractivity contribution is 6.01. The smallest absolute Gasteiger partial charge is 0.267 e. The Morgan fingerprint density at radius 2 is 1.82 bits per heavy atom. The SMILES string of the molecule is O=C(NCCCCO)c1c(O)c2ncc(Cc3ccc(F)cc3)cc2n(CCCN2CCCCCC2=O)c1=O. The quantitative estimate of drug-likeness (QED) is 0.322. The fraction of sp³-hybridized carbons (Fsp3) is 0.448. The van der Waals surface area contributed by atoms with Gasteiger partial charge < -0.3 is 25.0 Å². The van der Waals surface area contributed by atoms with Gasteiger partial charge in [0.25, 0.3) is 11.5 Å². The Kier molecular flexibility index (Phi) is 9.64. The second-order valence-electron chi connectivity index (χ2n) is 9.93. The van der Waals surface area contributed by atoms with Crippen LogP contribution >= 0.6 is 0 Å². The number of aryl methyl sites for hydroxylation is 1. The van der Waals surface area contributed by atoms with Crippen molar-refractivity contribution in [3.05, 3.63) is 69.4 Å². The number of aliphatic hydroxyl groups excluding tert-OH is 1. The zero-order valence-corrected chi connectivity index (χ0v) is 22.0. The lowest BCUT2D eigenvalue weighted by molar-refractivity contribution is -0.130. The molecule has 4 rings (SSSR count). The molecule has 1 saturated heterocycles. The van der Waals surface area contributed by atoms with Gasteiger partial charge in [-0.05, 0) is 67.9 Å². The van der Waals surface area contributed by atoms with Crippen molar-refractivity contribution in [2.75, 3.05) is 26.2 Å². The number of nitrogens with zero attached hydrogens (tertiary/aromatic N) is 3. The molecule has 0 saturated carbocycles. The van der Waals surface area contributed by atoms with Crippen molar-refractivity contribution in [1.82, 2.24) is 19.8 Å². The average Bonchev–Trinajstić information content (AvgIpc) is 3.13. The first-order valence-corrected chi connectivity index (χ1v) is 13.5. The third-order valence-electron chi connectivity index (χ3n) is 7.04. The maximum Gasteiger partial charge on any atom is 0.267 e. The van der Waals surface area contributed by atoms with Gasteiger partial charge in [0.05, 0.1) is 5.52 Å². The Labute approximate surface area is 226 Å². The number of fused-ring (bicyclic) bond motifs is 1. The molecule has 9 nitrogen and oxygen atoms in total. The zero-order chi connectivity index (χ0) is 27.8. The molecular weight excluding hydrogens is 503 g/mol. The van der Waals surface area contributed by atoms with E-state index in [0.29, 0.717) is 50.7 Å². The maximum absolute atomic E-state index is 13.6. The molecule has 2 aromatic heterocycles. The highest BCUT2D eigenvalue weighted by Gasteiger charge is 2.24. The van der Waals surface area contributed by atoms with E-state index in [-0.39, 0.29) is 42.5 Å². The van der Waals surface area contributed by atoms with E-state index in [2.05, 4.69) is 10.3 Å². The number of aliphatic hydroxyl groups is 1. The van der Waals surface area contributed by atoms with Crippen molar-refractivity contribution in [3.63, 3.8) is 0 Å². The number of nitrogens with one attached hydrogen (secondary N) is 1. The Hall–Kier alpha value is -3.79. The summed E-state index contributed by atoms with van der Waals surface area (Å²) >= 11 is 0. The molecule has 1 aliphatic heterocycles. The molecule has 1 aromatic carbocycles. The molecule has 0 bridgehead atoms. The largest absolute Gasteiger partial charge is 0.505 e. The van der Waals surface area contributed by atoms with Crippen LogP contribution in [0.5, 0.6) is 5.75 Å². The summed E-state index contributed by atoms with van der Waals surface area (Å²) in [5.41, 5.74) is 1.11. The van der Waals surface area contributed by atoms with Gasteiger partial charge in [-0.1, -0.05) is 18.6 Å². The van der Waals surface area contributed by atoms with Crippen molar-refractivity contribution in [2.45, 2.75) is 57.9 Å². The molecule has 3 heterocycles. The molecule has 3 aromatic rings. The summed E-state index contributed by atoms with van der Waals surface area (Å²) in [5.74, 6) is -1.41. The van der Waals surface area contributed by atoms with E-state index < -0.39 is 17.2 Å². The molecule has 10 heteroatoms. The molecule has 0 unspecified atom stereocenters. The van der Waals surface area contributed by atoms with Crippen LogP contribution in [-0.4, -0.2) is 62.7 Å². The van der Waals surface area contributed by atoms with E-state index >= 15 is 0 Å². The van der Waals surface area contributed by atoms with Crippen LogP contribution in [0.4, 0.5) is 4.39 Å². The molecule has 1 fully saturated rings. The zero-order valence-electron chi connectivity index (χ0n) is 22.0. The number of carbonyl (C=O) groups is 2. The summed E-state index contributed by atoms with van der Waals surface area (Å²) in [6, 6.07) is 7.86. The molecule has 0 atom stereocenters. The Bertz CT molecular complexity index is 1370. The molecule has 208 valence electrons. The third-order valence-corrected chi connectivity index (χ3v) is 7.04. The molecule has 0 spiro atoms. The van der Waals surface area contributed by atoms with Crippen molar-refractivity contribution in [2.24, 2.45) is 0 Å². The van der Waals surface area contributed by atoms with Crippen molar-refractivity contribution < 1.29 is 24.2 Å². The van der Waals surface area contributed by atoms with Crippen LogP contribution in [0.25, 0.3) is 11.0 Å². The van der Waals surface area contributed by atoms with Crippen LogP contribution in [0, 0.1) is 5.82 Å². The number of rotatable bonds is 11. The second-order valence-corrected chi connectivity index (χ2v) is 9.93. The number of carbonyl (C=O) groups excluding carboxylic acids is 2. The second kappa shape index (κ2) is 13.3. The molecule has 0 radical (unpaired) electrons. The van der Waals surface area contributed by atoms with Gasteiger partial charge in [0.15, 0.2) is 5.75 Å². The Morgan fingerprint density at radius 3 is 2.59 bits per heavy atom. The van der Waals surface area contributed by atoms with E-state index in [4.69, 9.17) is 5.11 Å². The van der Waals surface area contributed by atoms with Crippen LogP contribution in [0.2, 0.25) is 0 Å². The van der Waals surface area contributed by atoms with Gasteiger partial charge in [0.2, 0.25) is 5.91 Å². The number of pyridine rings is 2. The van der Waals surface area contributed by atoms with E-state index in [0.717, 1.165) is 30.4 Å². The standard InChI is InChI=1S/C29H35FN4O5/c30-22-10-8-20(9-11-22)17-21-18-23-26(32-19-21)27(37)25(28(38)31-12-3-5-16-35)29(39)34(23)15-6-14-33-13-4-1-2-7-24(33)36/h8-11,18-19,35,37H,1-7,12-17H2,(H,31,38). The summed E-state index contributed by atoms with van der Waals surface area (Å²) in [4.78, 5) is 45.2. The van der Waals surface area contributed by atoms with Gasteiger partial charge in [0.1, 0.15) is 16.9 Å². The summed E-state index contributed by atoms with van der Waals surface area (Å²) < 4.78 is 14.8. The van der Waals surface area contributed by atoms with Gasteiger partial charge in [-0.25, -0.2) is 4.39 Å². The summed E-state index contributed by atoms with van der Waals surface area (Å²) in [6.45, 7) is 1.64. The number of halogens is 1. The van der Waals surface area contributed by atoms with Gasteiger partial charge in [0, 0.05) is 45.4 Å². The minimum absolute atomic E-state index is 0.00635. The minimum atomic E-state index is -0.703. The summed E-state index contributed by atoms with van der Waals surface area (Å²) in [6.07, 6.45) is 6.91. The van der Waals surface area contributed by atoms with Crippen LogP contribution in [-0.2, 0) is 17.8 Å². The maximum atomic E-state index is 13.6. The Morgan fingerprint density at radius 1 is 1.03 bits per heavy atom. The van der Waals surface area contributed by atoms with Gasteiger partial charge in [-0.15, -0.1) is 0 Å². The first-order valence-electron chi connectivity index (χ1n) is 13.5. The highest BCUT2D eigenvalue weighted by atomic mass is 19.1. The van der Waals surface area contributed by atoms with E-state index in [1.165, 1.54) is 16.7 Å². The number of aromatic nitrogens is 2. The van der Waals surface area contributed by atoms with Crippen LogP contribution in [0.15, 0.2) is 41.3 Å². The lowest BCUT2D eigenvalue weighted by Crippen LogP contribution is -2.35. The number of unbranched alkanes of at least 4 members (excludes halogenated alkanes) is 1. The van der Waals surface area contributed by atoms with E-state index in [1.807, 2.05) is 4.90 Å². The van der Waals surface area contributed by atoms with E-state index in [9.17, 15) is 23.9 Å². The third kappa shape index (κ3) is 7.00. The average molecular weight is 539 g/mol. The number of amides is 2. The first-order chi connectivity index (χ1) is 18.9. The summed E-state index contributed by atoms with van der Waals surface area (Å²) in [5, 5.41) is 22.6. The normalized spacial score (nSPS) is 14.0. The monoisotopic (exact) mass is 538 g/mol. The molecule has 2 amide bonds. The van der Waals surface area contributed by atoms with Crippen LogP contribution in [0.1, 0.15) is 66.4 Å².